The third-order valence-electron chi connectivity index (χ3n) is 2.01. The molecule has 1 rings (SSSR count). The van der Waals surface area contributed by atoms with Crippen LogP contribution in [0, 0.1) is 0 Å². The van der Waals surface area contributed by atoms with E-state index in [2.05, 4.69) is 11.3 Å². The number of halogens is 4. The lowest BCUT2D eigenvalue weighted by atomic mass is 10.1. The molecule has 1 N–H and O–H groups in total. The summed E-state index contributed by atoms with van der Waals surface area (Å²) in [7, 11) is 1.09. The van der Waals surface area contributed by atoms with Gasteiger partial charge >= 0.3 is 6.18 Å². The van der Waals surface area contributed by atoms with Crippen LogP contribution in [-0.4, -0.2) is 13.0 Å². The maximum Gasteiger partial charge on any atom is 0.420 e. The summed E-state index contributed by atoms with van der Waals surface area (Å²) in [6.07, 6.45) is -4.64. The van der Waals surface area contributed by atoms with Crippen LogP contribution in [0.25, 0.3) is 0 Å². The molecular formula is C11H9F4NO2. The van der Waals surface area contributed by atoms with Gasteiger partial charge in [0.05, 0.1) is 12.7 Å². The molecule has 0 spiro atoms. The van der Waals surface area contributed by atoms with Crippen LogP contribution >= 0.6 is 0 Å². The summed E-state index contributed by atoms with van der Waals surface area (Å²) in [5.41, 5.74) is -1.26. The summed E-state index contributed by atoms with van der Waals surface area (Å²) in [6, 6.07) is 2.84. The van der Waals surface area contributed by atoms with E-state index < -0.39 is 23.5 Å². The Labute approximate surface area is 100 Å². The van der Waals surface area contributed by atoms with Crippen LogP contribution in [0.5, 0.6) is 5.75 Å². The molecule has 0 bridgehead atoms. The number of nitrogens with one attached hydrogen (secondary N) is 1. The molecule has 1 aromatic rings. The normalized spacial score (nSPS) is 10.9. The maximum absolute atomic E-state index is 12.6. The van der Waals surface area contributed by atoms with Gasteiger partial charge in [0, 0.05) is 5.69 Å². The summed E-state index contributed by atoms with van der Waals surface area (Å²) < 4.78 is 54.8. The molecular weight excluding hydrogens is 254 g/mol. The molecule has 0 aliphatic heterocycles. The number of methoxy groups -OCH3 is 1. The van der Waals surface area contributed by atoms with Gasteiger partial charge in [-0.1, -0.05) is 6.58 Å². The fourth-order valence-corrected chi connectivity index (χ4v) is 1.21. The number of hydrogen-bond acceptors (Lipinski definition) is 2. The topological polar surface area (TPSA) is 38.3 Å². The number of anilines is 1. The van der Waals surface area contributed by atoms with E-state index >= 15 is 0 Å². The number of carbonyl (C=O) groups is 1. The average molecular weight is 263 g/mol. The standard InChI is InChI=1S/C11H9F4NO2/c1-6(12)10(17)16-7-3-4-9(18-2)8(5-7)11(13,14)15/h3-5H,1H2,2H3,(H,16,17). The van der Waals surface area contributed by atoms with E-state index in [0.29, 0.717) is 6.07 Å². The van der Waals surface area contributed by atoms with Crippen molar-refractivity contribution in [2.75, 3.05) is 12.4 Å². The minimum atomic E-state index is -4.64. The first-order valence-corrected chi connectivity index (χ1v) is 4.66. The van der Waals surface area contributed by atoms with E-state index in [1.165, 1.54) is 0 Å². The van der Waals surface area contributed by atoms with Gasteiger partial charge in [0.2, 0.25) is 0 Å². The van der Waals surface area contributed by atoms with E-state index in [1.54, 1.807) is 0 Å². The first-order chi connectivity index (χ1) is 8.25. The number of carbonyl (C=O) groups excluding carboxylic acids is 1. The molecule has 98 valence electrons. The van der Waals surface area contributed by atoms with Crippen LogP contribution in [0.1, 0.15) is 5.56 Å². The highest BCUT2D eigenvalue weighted by atomic mass is 19.4. The molecule has 0 aliphatic carbocycles. The molecule has 0 aromatic heterocycles. The number of alkyl halides is 3. The van der Waals surface area contributed by atoms with Gasteiger partial charge in [-0.25, -0.2) is 4.39 Å². The van der Waals surface area contributed by atoms with Gasteiger partial charge in [-0.2, -0.15) is 13.2 Å². The highest BCUT2D eigenvalue weighted by Crippen LogP contribution is 2.37. The number of hydrogen-bond donors (Lipinski definition) is 1. The van der Waals surface area contributed by atoms with Crippen molar-refractivity contribution in [3.05, 3.63) is 36.2 Å². The Morgan fingerprint density at radius 3 is 2.44 bits per heavy atom. The molecule has 1 aromatic carbocycles. The lowest BCUT2D eigenvalue weighted by Gasteiger charge is -2.13. The fraction of sp³-hybridized carbons (Fsp3) is 0.182. The largest absolute Gasteiger partial charge is 0.496 e. The minimum absolute atomic E-state index is 0.202. The highest BCUT2D eigenvalue weighted by Gasteiger charge is 2.34. The Morgan fingerprint density at radius 1 is 1.39 bits per heavy atom. The molecule has 0 saturated carbocycles. The second-order valence-corrected chi connectivity index (χ2v) is 3.27. The first kappa shape index (κ1) is 14.0. The van der Waals surface area contributed by atoms with Crippen molar-refractivity contribution in [2.24, 2.45) is 0 Å². The second-order valence-electron chi connectivity index (χ2n) is 3.27. The van der Waals surface area contributed by atoms with Gasteiger partial charge in [0.15, 0.2) is 5.83 Å². The van der Waals surface area contributed by atoms with Crippen molar-refractivity contribution in [3.63, 3.8) is 0 Å². The quantitative estimate of drug-likeness (QED) is 0.672. The predicted molar refractivity (Wildman–Crippen MR) is 56.9 cm³/mol. The molecule has 0 heterocycles. The van der Waals surface area contributed by atoms with Gasteiger partial charge in [0.25, 0.3) is 5.91 Å². The van der Waals surface area contributed by atoms with Crippen molar-refractivity contribution in [1.29, 1.82) is 0 Å². The van der Waals surface area contributed by atoms with Crippen LogP contribution in [0.15, 0.2) is 30.6 Å². The van der Waals surface area contributed by atoms with Gasteiger partial charge in [0.1, 0.15) is 5.75 Å². The number of rotatable bonds is 3. The zero-order valence-electron chi connectivity index (χ0n) is 9.27. The van der Waals surface area contributed by atoms with Crippen molar-refractivity contribution in [1.82, 2.24) is 0 Å². The minimum Gasteiger partial charge on any atom is -0.496 e. The Kier molecular flexibility index (Phi) is 3.95. The summed E-state index contributed by atoms with van der Waals surface area (Å²) in [6.45, 7) is 2.73. The second kappa shape index (κ2) is 5.07. The third-order valence-corrected chi connectivity index (χ3v) is 2.01. The van der Waals surface area contributed by atoms with E-state index in [4.69, 9.17) is 0 Å². The Morgan fingerprint density at radius 2 is 2.00 bits per heavy atom. The average Bonchev–Trinajstić information content (AvgIpc) is 2.27. The van der Waals surface area contributed by atoms with Crippen molar-refractivity contribution >= 4 is 11.6 Å². The number of benzene rings is 1. The van der Waals surface area contributed by atoms with E-state index in [9.17, 15) is 22.4 Å². The number of ether oxygens (including phenoxy) is 1. The van der Waals surface area contributed by atoms with Gasteiger partial charge in [-0.3, -0.25) is 4.79 Å². The van der Waals surface area contributed by atoms with Crippen molar-refractivity contribution in [2.45, 2.75) is 6.18 Å². The van der Waals surface area contributed by atoms with Gasteiger partial charge in [-0.15, -0.1) is 0 Å². The smallest absolute Gasteiger partial charge is 0.420 e. The molecule has 0 aliphatic rings. The van der Waals surface area contributed by atoms with Gasteiger partial charge < -0.3 is 10.1 Å². The lowest BCUT2D eigenvalue weighted by Crippen LogP contribution is -2.13. The molecule has 7 heteroatoms. The SMILES string of the molecule is C=C(F)C(=O)Nc1ccc(OC)c(C(F)(F)F)c1. The monoisotopic (exact) mass is 263 g/mol. The Hall–Kier alpha value is -2.05. The molecule has 1 amide bonds. The Balaban J connectivity index is 3.11. The maximum atomic E-state index is 12.6. The summed E-state index contributed by atoms with van der Waals surface area (Å²) in [5, 5.41) is 1.94. The van der Waals surface area contributed by atoms with Crippen LogP contribution in [0.4, 0.5) is 23.2 Å². The van der Waals surface area contributed by atoms with Crippen molar-refractivity contribution in [3.8, 4) is 5.75 Å². The molecule has 0 atom stereocenters. The molecule has 0 fully saturated rings. The summed E-state index contributed by atoms with van der Waals surface area (Å²) in [5.74, 6) is -2.88. The van der Waals surface area contributed by atoms with Gasteiger partial charge in [-0.05, 0) is 18.2 Å². The molecule has 3 nitrogen and oxygen atoms in total. The molecule has 0 radical (unpaired) electrons. The molecule has 0 unspecified atom stereocenters. The zero-order valence-corrected chi connectivity index (χ0v) is 9.27. The van der Waals surface area contributed by atoms with Crippen LogP contribution in [-0.2, 0) is 11.0 Å². The summed E-state index contributed by atoms with van der Waals surface area (Å²) >= 11 is 0. The number of amides is 1. The van der Waals surface area contributed by atoms with Crippen LogP contribution < -0.4 is 10.1 Å². The first-order valence-electron chi connectivity index (χ1n) is 4.66. The predicted octanol–water partition coefficient (Wildman–Crippen LogP) is 3.14. The molecule has 0 saturated heterocycles. The zero-order chi connectivity index (χ0) is 13.9. The summed E-state index contributed by atoms with van der Waals surface area (Å²) in [4.78, 5) is 10.9. The van der Waals surface area contributed by atoms with E-state index in [-0.39, 0.29) is 11.4 Å². The van der Waals surface area contributed by atoms with Crippen LogP contribution in [0.3, 0.4) is 0 Å². The Bertz CT molecular complexity index is 482. The molecule has 18 heavy (non-hydrogen) atoms. The highest BCUT2D eigenvalue weighted by molar-refractivity contribution is 6.01. The van der Waals surface area contributed by atoms with E-state index in [0.717, 1.165) is 19.2 Å². The van der Waals surface area contributed by atoms with Crippen molar-refractivity contribution < 1.29 is 27.1 Å². The van der Waals surface area contributed by atoms with Crippen LogP contribution in [0.2, 0.25) is 0 Å². The lowest BCUT2D eigenvalue weighted by molar-refractivity contribution is -0.138. The fourth-order valence-electron chi connectivity index (χ4n) is 1.21. The van der Waals surface area contributed by atoms with E-state index in [1.807, 2.05) is 5.32 Å². The third kappa shape index (κ3) is 3.22.